The zero-order valence-electron chi connectivity index (χ0n) is 12.6. The third-order valence-electron chi connectivity index (χ3n) is 3.56. The lowest BCUT2D eigenvalue weighted by atomic mass is 10.1. The smallest absolute Gasteiger partial charge is 0.257 e. The Morgan fingerprint density at radius 2 is 1.96 bits per heavy atom. The van der Waals surface area contributed by atoms with Crippen molar-refractivity contribution in [2.24, 2.45) is 7.05 Å². The molecule has 3 rings (SSSR count). The van der Waals surface area contributed by atoms with Crippen LogP contribution in [0.5, 0.6) is 5.75 Å². The van der Waals surface area contributed by atoms with Gasteiger partial charge in [-0.2, -0.15) is 5.26 Å². The van der Waals surface area contributed by atoms with Crippen LogP contribution >= 0.6 is 0 Å². The number of aryl methyl sites for hydroxylation is 1. The molecule has 1 N–H and O–H groups in total. The molecule has 0 spiro atoms. The molecule has 0 radical (unpaired) electrons. The summed E-state index contributed by atoms with van der Waals surface area (Å²) < 4.78 is 7.12. The summed E-state index contributed by atoms with van der Waals surface area (Å²) in [5.41, 5.74) is 2.32. The fourth-order valence-corrected chi connectivity index (χ4v) is 2.47. The van der Waals surface area contributed by atoms with Gasteiger partial charge in [0.05, 0.1) is 5.56 Å². The highest BCUT2D eigenvalue weighted by molar-refractivity contribution is 6.12. The highest BCUT2D eigenvalue weighted by Gasteiger charge is 2.13. The van der Waals surface area contributed by atoms with Gasteiger partial charge in [0.15, 0.2) is 6.61 Å². The van der Waals surface area contributed by atoms with Crippen molar-refractivity contribution in [3.05, 3.63) is 60.3 Å². The first-order chi connectivity index (χ1) is 11.2. The number of rotatable bonds is 4. The molecule has 5 heteroatoms. The van der Waals surface area contributed by atoms with Crippen LogP contribution < -0.4 is 10.1 Å². The van der Waals surface area contributed by atoms with Gasteiger partial charge in [-0.05, 0) is 30.3 Å². The maximum absolute atomic E-state index is 12.5. The number of amides is 1. The summed E-state index contributed by atoms with van der Waals surface area (Å²) in [5.74, 6) is 0.433. The number of carbonyl (C=O) groups excluding carboxylic acids is 1. The van der Waals surface area contributed by atoms with Crippen LogP contribution in [0.2, 0.25) is 0 Å². The summed E-state index contributed by atoms with van der Waals surface area (Å²) in [4.78, 5) is 12.5. The SMILES string of the molecule is Cn1cc(C(=O)Nc2ccc(OCC#N)cc2)c2ccccc21. The van der Waals surface area contributed by atoms with Crippen molar-refractivity contribution in [1.82, 2.24) is 4.57 Å². The third-order valence-corrected chi connectivity index (χ3v) is 3.56. The van der Waals surface area contributed by atoms with Gasteiger partial charge < -0.3 is 14.6 Å². The van der Waals surface area contributed by atoms with E-state index in [-0.39, 0.29) is 12.5 Å². The Morgan fingerprint density at radius 1 is 1.22 bits per heavy atom. The molecule has 0 atom stereocenters. The molecule has 0 fully saturated rings. The van der Waals surface area contributed by atoms with Crippen LogP contribution in [-0.2, 0) is 7.05 Å². The van der Waals surface area contributed by atoms with Gasteiger partial charge in [0.1, 0.15) is 11.8 Å². The molecule has 0 saturated carbocycles. The first kappa shape index (κ1) is 14.7. The van der Waals surface area contributed by atoms with Gasteiger partial charge in [-0.3, -0.25) is 4.79 Å². The van der Waals surface area contributed by atoms with E-state index in [1.165, 1.54) is 0 Å². The van der Waals surface area contributed by atoms with E-state index < -0.39 is 0 Å². The minimum Gasteiger partial charge on any atom is -0.479 e. The number of hydrogen-bond acceptors (Lipinski definition) is 3. The number of benzene rings is 2. The van der Waals surface area contributed by atoms with E-state index in [4.69, 9.17) is 10.00 Å². The average Bonchev–Trinajstić information content (AvgIpc) is 2.92. The van der Waals surface area contributed by atoms with Crippen molar-refractivity contribution in [1.29, 1.82) is 5.26 Å². The van der Waals surface area contributed by atoms with E-state index >= 15 is 0 Å². The monoisotopic (exact) mass is 305 g/mol. The summed E-state index contributed by atoms with van der Waals surface area (Å²) >= 11 is 0. The van der Waals surface area contributed by atoms with Crippen LogP contribution in [-0.4, -0.2) is 17.1 Å². The molecule has 1 amide bonds. The van der Waals surface area contributed by atoms with Crippen molar-refractivity contribution >= 4 is 22.5 Å². The molecular weight excluding hydrogens is 290 g/mol. The normalized spacial score (nSPS) is 10.3. The van der Waals surface area contributed by atoms with Gasteiger partial charge >= 0.3 is 0 Å². The maximum atomic E-state index is 12.5. The molecular formula is C18H15N3O2. The lowest BCUT2D eigenvalue weighted by molar-refractivity contribution is 0.102. The van der Waals surface area contributed by atoms with Crippen LogP contribution in [0.15, 0.2) is 54.7 Å². The molecule has 0 unspecified atom stereocenters. The van der Waals surface area contributed by atoms with Crippen LogP contribution in [0.3, 0.4) is 0 Å². The molecule has 114 valence electrons. The molecule has 23 heavy (non-hydrogen) atoms. The molecule has 5 nitrogen and oxygen atoms in total. The quantitative estimate of drug-likeness (QED) is 0.804. The number of nitrogens with one attached hydrogen (secondary N) is 1. The van der Waals surface area contributed by atoms with Crippen LogP contribution in [0, 0.1) is 11.3 Å². The van der Waals surface area contributed by atoms with Gasteiger partial charge in [0.25, 0.3) is 5.91 Å². The van der Waals surface area contributed by atoms with E-state index in [1.807, 2.05) is 48.1 Å². The zero-order valence-corrected chi connectivity index (χ0v) is 12.6. The second-order valence-corrected chi connectivity index (χ2v) is 5.10. The standard InChI is InChI=1S/C18H15N3O2/c1-21-12-16(15-4-2-3-5-17(15)21)18(22)20-13-6-8-14(9-7-13)23-11-10-19/h2-9,12H,11H2,1H3,(H,20,22). The maximum Gasteiger partial charge on any atom is 0.257 e. The van der Waals surface area contributed by atoms with Crippen molar-refractivity contribution in [2.75, 3.05) is 11.9 Å². The largest absolute Gasteiger partial charge is 0.479 e. The zero-order chi connectivity index (χ0) is 16.2. The molecule has 1 heterocycles. The Hall–Kier alpha value is -3.26. The molecule has 0 aliphatic heterocycles. The van der Waals surface area contributed by atoms with Crippen LogP contribution in [0.25, 0.3) is 10.9 Å². The Labute approximate surface area is 133 Å². The Morgan fingerprint density at radius 3 is 2.70 bits per heavy atom. The lowest BCUT2D eigenvalue weighted by Gasteiger charge is -2.06. The number of fused-ring (bicyclic) bond motifs is 1. The van der Waals surface area contributed by atoms with Gasteiger partial charge in [0, 0.05) is 29.8 Å². The highest BCUT2D eigenvalue weighted by Crippen LogP contribution is 2.22. The van der Waals surface area contributed by atoms with E-state index in [0.29, 0.717) is 17.0 Å². The number of carbonyl (C=O) groups is 1. The van der Waals surface area contributed by atoms with Crippen molar-refractivity contribution < 1.29 is 9.53 Å². The molecule has 3 aromatic rings. The second kappa shape index (κ2) is 6.24. The van der Waals surface area contributed by atoms with Crippen LogP contribution in [0.4, 0.5) is 5.69 Å². The number of nitrogens with zero attached hydrogens (tertiary/aromatic N) is 2. The minimum absolute atomic E-state index is 0.00170. The Kier molecular flexibility index (Phi) is 3.98. The molecule has 1 aromatic heterocycles. The fraction of sp³-hybridized carbons (Fsp3) is 0.111. The number of para-hydroxylation sites is 1. The predicted octanol–water partition coefficient (Wildman–Crippen LogP) is 3.33. The number of anilines is 1. The molecule has 2 aromatic carbocycles. The minimum atomic E-state index is -0.160. The summed E-state index contributed by atoms with van der Waals surface area (Å²) in [6.45, 7) is 0.00170. The van der Waals surface area contributed by atoms with Crippen molar-refractivity contribution in [2.45, 2.75) is 0 Å². The Balaban J connectivity index is 1.80. The fourth-order valence-electron chi connectivity index (χ4n) is 2.47. The third kappa shape index (κ3) is 3.01. The number of hydrogen-bond donors (Lipinski definition) is 1. The molecule has 0 aliphatic carbocycles. The number of nitriles is 1. The Bertz CT molecular complexity index is 889. The molecule has 0 aliphatic rings. The van der Waals surface area contributed by atoms with E-state index in [1.54, 1.807) is 24.3 Å². The van der Waals surface area contributed by atoms with Crippen molar-refractivity contribution in [3.8, 4) is 11.8 Å². The van der Waals surface area contributed by atoms with E-state index in [9.17, 15) is 4.79 Å². The van der Waals surface area contributed by atoms with E-state index in [0.717, 1.165) is 10.9 Å². The van der Waals surface area contributed by atoms with Gasteiger partial charge in [-0.15, -0.1) is 0 Å². The van der Waals surface area contributed by atoms with Crippen molar-refractivity contribution in [3.63, 3.8) is 0 Å². The number of aromatic nitrogens is 1. The van der Waals surface area contributed by atoms with E-state index in [2.05, 4.69) is 5.32 Å². The highest BCUT2D eigenvalue weighted by atomic mass is 16.5. The predicted molar refractivity (Wildman–Crippen MR) is 88.4 cm³/mol. The summed E-state index contributed by atoms with van der Waals surface area (Å²) in [6, 6.07) is 16.6. The van der Waals surface area contributed by atoms with Gasteiger partial charge in [-0.1, -0.05) is 18.2 Å². The number of ether oxygens (including phenoxy) is 1. The lowest BCUT2D eigenvalue weighted by Crippen LogP contribution is -2.11. The summed E-state index contributed by atoms with van der Waals surface area (Å²) in [5, 5.41) is 12.3. The first-order valence-electron chi connectivity index (χ1n) is 7.14. The van der Waals surface area contributed by atoms with Gasteiger partial charge in [-0.25, -0.2) is 0 Å². The van der Waals surface area contributed by atoms with Crippen LogP contribution in [0.1, 0.15) is 10.4 Å². The topological polar surface area (TPSA) is 67.1 Å². The second-order valence-electron chi connectivity index (χ2n) is 5.10. The van der Waals surface area contributed by atoms with Gasteiger partial charge in [0.2, 0.25) is 0 Å². The molecule has 0 saturated heterocycles. The summed E-state index contributed by atoms with van der Waals surface area (Å²) in [6.07, 6.45) is 1.82. The first-order valence-corrected chi connectivity index (χ1v) is 7.14. The average molecular weight is 305 g/mol. The molecule has 0 bridgehead atoms. The summed E-state index contributed by atoms with van der Waals surface area (Å²) in [7, 11) is 1.92.